The predicted octanol–water partition coefficient (Wildman–Crippen LogP) is 1.09. The first-order valence-corrected chi connectivity index (χ1v) is 4.67. The number of carboxylic acid groups (broad SMARTS) is 1. The Morgan fingerprint density at radius 1 is 1.75 bits per heavy atom. The Morgan fingerprint density at radius 3 is 2.92 bits per heavy atom. The lowest BCUT2D eigenvalue weighted by atomic mass is 10.2. The Hall–Kier alpha value is -0.580. The maximum atomic E-state index is 10.6. The second kappa shape index (κ2) is 3.89. The van der Waals surface area contributed by atoms with Crippen LogP contribution in [0.5, 0.6) is 0 Å². The lowest BCUT2D eigenvalue weighted by molar-refractivity contribution is -0.108. The lowest BCUT2D eigenvalue weighted by Crippen LogP contribution is -2.40. The van der Waals surface area contributed by atoms with Gasteiger partial charge in [-0.3, -0.25) is 0 Å². The van der Waals surface area contributed by atoms with Gasteiger partial charge in [0, 0.05) is 6.54 Å². The molecule has 0 radical (unpaired) electrons. The van der Waals surface area contributed by atoms with Gasteiger partial charge in [-0.25, -0.2) is 4.79 Å². The summed E-state index contributed by atoms with van der Waals surface area (Å²) in [6, 6.07) is -0.181. The van der Waals surface area contributed by atoms with Crippen LogP contribution in [0.1, 0.15) is 12.8 Å². The lowest BCUT2D eigenvalue weighted by Gasteiger charge is -2.22. The van der Waals surface area contributed by atoms with Gasteiger partial charge in [0.05, 0.1) is 10.9 Å². The molecule has 0 spiro atoms. The van der Waals surface area contributed by atoms with Gasteiger partial charge in [0.25, 0.3) is 0 Å². The van der Waals surface area contributed by atoms with Crippen molar-refractivity contribution in [2.45, 2.75) is 23.7 Å². The summed E-state index contributed by atoms with van der Waals surface area (Å²) in [5.74, 6) is 0. The highest BCUT2D eigenvalue weighted by molar-refractivity contribution is 9.10. The highest BCUT2D eigenvalue weighted by atomic mass is 79.9. The molecule has 0 bridgehead atoms. The molecule has 0 aromatic carbocycles. The SMILES string of the molecule is O=CC(Br)[C@H]1CCCN1C(=O)O. The van der Waals surface area contributed by atoms with E-state index in [1.807, 2.05) is 0 Å². The van der Waals surface area contributed by atoms with Crippen LogP contribution in [-0.2, 0) is 4.79 Å². The fraction of sp³-hybridized carbons (Fsp3) is 0.714. The third kappa shape index (κ3) is 1.77. The fourth-order valence-electron chi connectivity index (χ4n) is 1.45. The number of rotatable bonds is 2. The number of nitrogens with zero attached hydrogens (tertiary/aromatic N) is 1. The van der Waals surface area contributed by atoms with E-state index in [-0.39, 0.29) is 10.9 Å². The molecule has 5 heteroatoms. The van der Waals surface area contributed by atoms with Crippen LogP contribution in [0.2, 0.25) is 0 Å². The van der Waals surface area contributed by atoms with E-state index in [2.05, 4.69) is 15.9 Å². The summed E-state index contributed by atoms with van der Waals surface area (Å²) in [4.78, 5) is 22.0. The van der Waals surface area contributed by atoms with Crippen molar-refractivity contribution in [3.05, 3.63) is 0 Å². The number of hydrogen-bond donors (Lipinski definition) is 1. The first-order valence-electron chi connectivity index (χ1n) is 3.75. The van der Waals surface area contributed by atoms with E-state index < -0.39 is 6.09 Å². The summed E-state index contributed by atoms with van der Waals surface area (Å²) in [6.07, 6.45) is 1.41. The largest absolute Gasteiger partial charge is 0.465 e. The Labute approximate surface area is 78.7 Å². The van der Waals surface area contributed by atoms with Gasteiger partial charge >= 0.3 is 6.09 Å². The summed E-state index contributed by atoms with van der Waals surface area (Å²) in [5.41, 5.74) is 0. The molecule has 2 atom stereocenters. The van der Waals surface area contributed by atoms with E-state index in [1.165, 1.54) is 4.90 Å². The first-order chi connectivity index (χ1) is 5.66. The Balaban J connectivity index is 2.63. The molecule has 1 aliphatic heterocycles. The van der Waals surface area contributed by atoms with E-state index in [1.54, 1.807) is 0 Å². The monoisotopic (exact) mass is 235 g/mol. The summed E-state index contributed by atoms with van der Waals surface area (Å²) in [6.45, 7) is 0.538. The van der Waals surface area contributed by atoms with Crippen molar-refractivity contribution < 1.29 is 14.7 Å². The minimum absolute atomic E-state index is 0.181. The van der Waals surface area contributed by atoms with Gasteiger partial charge in [-0.1, -0.05) is 15.9 Å². The second-order valence-corrected chi connectivity index (χ2v) is 3.82. The maximum absolute atomic E-state index is 10.6. The molecule has 1 aliphatic rings. The highest BCUT2D eigenvalue weighted by Gasteiger charge is 2.33. The molecule has 68 valence electrons. The third-order valence-electron chi connectivity index (χ3n) is 2.04. The zero-order valence-corrected chi connectivity index (χ0v) is 8.03. The predicted molar refractivity (Wildman–Crippen MR) is 46.5 cm³/mol. The molecule has 1 amide bonds. The second-order valence-electron chi connectivity index (χ2n) is 2.77. The summed E-state index contributed by atoms with van der Waals surface area (Å²) in [7, 11) is 0. The smallest absolute Gasteiger partial charge is 0.407 e. The van der Waals surface area contributed by atoms with Gasteiger partial charge in [-0.2, -0.15) is 0 Å². The Kier molecular flexibility index (Phi) is 3.08. The van der Waals surface area contributed by atoms with Crippen LogP contribution >= 0.6 is 15.9 Å². The molecule has 0 aromatic rings. The van der Waals surface area contributed by atoms with Crippen LogP contribution in [-0.4, -0.2) is 39.8 Å². The highest BCUT2D eigenvalue weighted by Crippen LogP contribution is 2.23. The minimum atomic E-state index is -0.941. The number of halogens is 1. The molecule has 1 rings (SSSR count). The average Bonchev–Trinajstić information content (AvgIpc) is 2.50. The van der Waals surface area contributed by atoms with Crippen molar-refractivity contribution in [2.24, 2.45) is 0 Å². The van der Waals surface area contributed by atoms with Crippen molar-refractivity contribution in [2.75, 3.05) is 6.54 Å². The van der Waals surface area contributed by atoms with Crippen molar-refractivity contribution in [3.8, 4) is 0 Å². The molecule has 0 aliphatic carbocycles. The van der Waals surface area contributed by atoms with E-state index in [4.69, 9.17) is 5.11 Å². The Bertz CT molecular complexity index is 197. The quantitative estimate of drug-likeness (QED) is 0.576. The molecule has 0 saturated carbocycles. The van der Waals surface area contributed by atoms with E-state index in [0.717, 1.165) is 19.1 Å². The molecule has 0 aromatic heterocycles. The number of carbonyl (C=O) groups is 2. The molecular weight excluding hydrogens is 226 g/mol. The van der Waals surface area contributed by atoms with Gasteiger partial charge in [0.2, 0.25) is 0 Å². The topological polar surface area (TPSA) is 57.6 Å². The number of aldehydes is 1. The summed E-state index contributed by atoms with van der Waals surface area (Å²) in [5, 5.41) is 8.72. The van der Waals surface area contributed by atoms with Gasteiger partial charge in [-0.15, -0.1) is 0 Å². The molecule has 1 heterocycles. The fourth-order valence-corrected chi connectivity index (χ4v) is 2.00. The molecule has 1 saturated heterocycles. The standard InChI is InChI=1S/C7H10BrNO3/c8-5(4-10)6-2-1-3-9(6)7(11)12/h4-6H,1-3H2,(H,11,12)/t5?,6-/m1/s1. The van der Waals surface area contributed by atoms with Gasteiger partial charge in [0.1, 0.15) is 6.29 Å². The van der Waals surface area contributed by atoms with Gasteiger partial charge in [0.15, 0.2) is 0 Å². The van der Waals surface area contributed by atoms with Crippen LogP contribution in [0.25, 0.3) is 0 Å². The first kappa shape index (κ1) is 9.51. The van der Waals surface area contributed by atoms with Crippen molar-refractivity contribution >= 4 is 28.3 Å². The zero-order chi connectivity index (χ0) is 9.14. The number of likely N-dealkylation sites (tertiary alicyclic amines) is 1. The minimum Gasteiger partial charge on any atom is -0.465 e. The number of carbonyl (C=O) groups excluding carboxylic acids is 1. The van der Waals surface area contributed by atoms with E-state index in [0.29, 0.717) is 6.54 Å². The van der Waals surface area contributed by atoms with Crippen molar-refractivity contribution in [3.63, 3.8) is 0 Å². The molecule has 1 fully saturated rings. The van der Waals surface area contributed by atoms with Crippen LogP contribution in [0.3, 0.4) is 0 Å². The molecule has 12 heavy (non-hydrogen) atoms. The number of alkyl halides is 1. The third-order valence-corrected chi connectivity index (χ3v) is 2.87. The summed E-state index contributed by atoms with van der Waals surface area (Å²) >= 11 is 3.14. The maximum Gasteiger partial charge on any atom is 0.407 e. The van der Waals surface area contributed by atoms with Crippen LogP contribution in [0.4, 0.5) is 4.79 Å². The average molecular weight is 236 g/mol. The van der Waals surface area contributed by atoms with E-state index >= 15 is 0 Å². The number of hydrogen-bond acceptors (Lipinski definition) is 2. The molecule has 4 nitrogen and oxygen atoms in total. The van der Waals surface area contributed by atoms with Crippen LogP contribution in [0, 0.1) is 0 Å². The van der Waals surface area contributed by atoms with Crippen LogP contribution < -0.4 is 0 Å². The zero-order valence-electron chi connectivity index (χ0n) is 6.44. The van der Waals surface area contributed by atoms with E-state index in [9.17, 15) is 9.59 Å². The molecule has 1 N–H and O–H groups in total. The summed E-state index contributed by atoms with van der Waals surface area (Å²) < 4.78 is 0. The molecular formula is C7H10BrNO3. The number of amides is 1. The van der Waals surface area contributed by atoms with Crippen molar-refractivity contribution in [1.29, 1.82) is 0 Å². The molecule has 1 unspecified atom stereocenters. The van der Waals surface area contributed by atoms with Gasteiger partial charge < -0.3 is 14.8 Å². The Morgan fingerprint density at radius 2 is 2.42 bits per heavy atom. The van der Waals surface area contributed by atoms with Crippen LogP contribution in [0.15, 0.2) is 0 Å². The normalized spacial score (nSPS) is 25.4. The van der Waals surface area contributed by atoms with Crippen molar-refractivity contribution in [1.82, 2.24) is 4.90 Å². The van der Waals surface area contributed by atoms with Gasteiger partial charge in [-0.05, 0) is 12.8 Å².